The Hall–Kier alpha value is -0.100. The molecule has 0 bridgehead atoms. The predicted molar refractivity (Wildman–Crippen MR) is 72.6 cm³/mol. The smallest absolute Gasteiger partial charge is 0.0758 e. The first-order valence-electron chi connectivity index (χ1n) is 6.08. The van der Waals surface area contributed by atoms with Crippen LogP contribution < -0.4 is 0 Å². The van der Waals surface area contributed by atoms with Gasteiger partial charge in [-0.2, -0.15) is 5.10 Å². The van der Waals surface area contributed by atoms with E-state index in [-0.39, 0.29) is 0 Å². The second-order valence-electron chi connectivity index (χ2n) is 4.33. The van der Waals surface area contributed by atoms with E-state index in [0.29, 0.717) is 5.92 Å². The Morgan fingerprint density at radius 3 is 2.81 bits per heavy atom. The van der Waals surface area contributed by atoms with Crippen molar-refractivity contribution in [2.45, 2.75) is 39.7 Å². The average molecular weight is 334 g/mol. The molecule has 0 amide bonds. The summed E-state index contributed by atoms with van der Waals surface area (Å²) in [7, 11) is 0. The molecule has 1 saturated heterocycles. The van der Waals surface area contributed by atoms with Crippen molar-refractivity contribution in [2.75, 3.05) is 13.2 Å². The molecule has 0 saturated carbocycles. The summed E-state index contributed by atoms with van der Waals surface area (Å²) < 4.78 is 8.99. The Labute approximate surface area is 111 Å². The summed E-state index contributed by atoms with van der Waals surface area (Å²) in [5.74, 6) is 0.658. The fourth-order valence-corrected chi connectivity index (χ4v) is 3.37. The third kappa shape index (κ3) is 2.42. The van der Waals surface area contributed by atoms with E-state index in [9.17, 15) is 0 Å². The average Bonchev–Trinajstić information content (AvgIpc) is 2.87. The van der Waals surface area contributed by atoms with Crippen molar-refractivity contribution < 1.29 is 4.74 Å². The van der Waals surface area contributed by atoms with Gasteiger partial charge in [0.2, 0.25) is 0 Å². The topological polar surface area (TPSA) is 27.1 Å². The van der Waals surface area contributed by atoms with Gasteiger partial charge in [0.25, 0.3) is 0 Å². The molecule has 1 aromatic rings. The summed E-state index contributed by atoms with van der Waals surface area (Å²) in [4.78, 5) is 0. The van der Waals surface area contributed by atoms with Crippen LogP contribution in [0.4, 0.5) is 0 Å². The van der Waals surface area contributed by atoms with Crippen LogP contribution in [-0.2, 0) is 24.1 Å². The summed E-state index contributed by atoms with van der Waals surface area (Å²) >= 11 is 2.43. The van der Waals surface area contributed by atoms with Crippen molar-refractivity contribution in [1.29, 1.82) is 0 Å². The van der Waals surface area contributed by atoms with E-state index in [2.05, 4.69) is 41.1 Å². The van der Waals surface area contributed by atoms with Gasteiger partial charge in [0, 0.05) is 19.1 Å². The third-order valence-electron chi connectivity index (χ3n) is 3.18. The number of aryl methyl sites for hydroxylation is 1. The van der Waals surface area contributed by atoms with Crippen molar-refractivity contribution >= 4 is 22.6 Å². The van der Waals surface area contributed by atoms with Crippen molar-refractivity contribution in [2.24, 2.45) is 5.92 Å². The monoisotopic (exact) mass is 334 g/mol. The fraction of sp³-hybridized carbons (Fsp3) is 0.750. The lowest BCUT2D eigenvalue weighted by atomic mass is 10.1. The highest BCUT2D eigenvalue weighted by Crippen LogP contribution is 2.21. The Morgan fingerprint density at radius 2 is 2.25 bits per heavy atom. The molecule has 90 valence electrons. The van der Waals surface area contributed by atoms with Crippen LogP contribution in [0.5, 0.6) is 0 Å². The first-order chi connectivity index (χ1) is 7.76. The van der Waals surface area contributed by atoms with Gasteiger partial charge in [-0.3, -0.25) is 4.68 Å². The number of nitrogens with zero attached hydrogens (tertiary/aromatic N) is 2. The molecule has 0 aromatic carbocycles. The lowest BCUT2D eigenvalue weighted by molar-refractivity contribution is 0.181. The summed E-state index contributed by atoms with van der Waals surface area (Å²) in [6.07, 6.45) is 3.28. The van der Waals surface area contributed by atoms with Gasteiger partial charge in [0.1, 0.15) is 0 Å². The highest BCUT2D eigenvalue weighted by atomic mass is 127. The van der Waals surface area contributed by atoms with Gasteiger partial charge in [0.15, 0.2) is 0 Å². The zero-order valence-corrected chi connectivity index (χ0v) is 12.2. The predicted octanol–water partition coefficient (Wildman–Crippen LogP) is 2.65. The lowest BCUT2D eigenvalue weighted by Crippen LogP contribution is -2.14. The Bertz CT molecular complexity index is 356. The molecule has 4 heteroatoms. The van der Waals surface area contributed by atoms with Crippen LogP contribution in [0.15, 0.2) is 0 Å². The highest BCUT2D eigenvalue weighted by Gasteiger charge is 2.20. The van der Waals surface area contributed by atoms with E-state index in [0.717, 1.165) is 32.6 Å². The molecule has 16 heavy (non-hydrogen) atoms. The molecule has 0 aliphatic carbocycles. The maximum absolute atomic E-state index is 5.42. The van der Waals surface area contributed by atoms with E-state index < -0.39 is 0 Å². The molecule has 0 spiro atoms. The number of ether oxygens (including phenoxy) is 1. The van der Waals surface area contributed by atoms with Crippen molar-refractivity contribution in [3.8, 4) is 0 Å². The maximum atomic E-state index is 5.42. The zero-order valence-electron chi connectivity index (χ0n) is 10.0. The van der Waals surface area contributed by atoms with E-state index in [1.54, 1.807) is 0 Å². The fourth-order valence-electron chi connectivity index (χ4n) is 2.22. The van der Waals surface area contributed by atoms with Crippen molar-refractivity contribution in [1.82, 2.24) is 9.78 Å². The molecule has 2 heterocycles. The molecule has 0 radical (unpaired) electrons. The molecule has 2 rings (SSSR count). The van der Waals surface area contributed by atoms with Crippen LogP contribution in [0.1, 0.15) is 31.7 Å². The summed E-state index contributed by atoms with van der Waals surface area (Å²) in [5, 5.41) is 4.72. The zero-order chi connectivity index (χ0) is 11.5. The normalized spacial score (nSPS) is 20.6. The third-order valence-corrected chi connectivity index (χ3v) is 4.43. The summed E-state index contributed by atoms with van der Waals surface area (Å²) in [6.45, 7) is 7.23. The van der Waals surface area contributed by atoms with Gasteiger partial charge < -0.3 is 4.74 Å². The van der Waals surface area contributed by atoms with Gasteiger partial charge in [-0.15, -0.1) is 0 Å². The van der Waals surface area contributed by atoms with Gasteiger partial charge in [-0.25, -0.2) is 0 Å². The minimum atomic E-state index is 0.658. The molecule has 0 N–H and O–H groups in total. The van der Waals surface area contributed by atoms with Gasteiger partial charge >= 0.3 is 0 Å². The van der Waals surface area contributed by atoms with Crippen molar-refractivity contribution in [3.63, 3.8) is 0 Å². The minimum absolute atomic E-state index is 0.658. The number of aromatic nitrogens is 2. The van der Waals surface area contributed by atoms with Crippen LogP contribution in [0, 0.1) is 9.49 Å². The lowest BCUT2D eigenvalue weighted by Gasteiger charge is -2.10. The van der Waals surface area contributed by atoms with Crippen LogP contribution in [0.3, 0.4) is 0 Å². The van der Waals surface area contributed by atoms with Crippen molar-refractivity contribution in [3.05, 3.63) is 15.0 Å². The number of halogens is 1. The Kier molecular flexibility index (Phi) is 4.24. The summed E-state index contributed by atoms with van der Waals surface area (Å²) in [6, 6.07) is 0. The molecule has 1 aliphatic heterocycles. The van der Waals surface area contributed by atoms with Gasteiger partial charge in [-0.1, -0.05) is 13.8 Å². The van der Waals surface area contributed by atoms with Crippen LogP contribution >= 0.6 is 22.6 Å². The summed E-state index contributed by atoms with van der Waals surface area (Å²) in [5.41, 5.74) is 2.64. The molecule has 1 unspecified atom stereocenters. The molecular weight excluding hydrogens is 315 g/mol. The number of hydrogen-bond donors (Lipinski definition) is 0. The largest absolute Gasteiger partial charge is 0.381 e. The molecule has 3 nitrogen and oxygen atoms in total. The first kappa shape index (κ1) is 12.4. The van der Waals surface area contributed by atoms with E-state index in [4.69, 9.17) is 9.84 Å². The number of rotatable bonds is 4. The molecule has 1 aliphatic rings. The Balaban J connectivity index is 2.18. The van der Waals surface area contributed by atoms with Gasteiger partial charge in [-0.05, 0) is 41.9 Å². The SMILES string of the molecule is CCc1nn(CC2CCOC2)c(CC)c1I. The van der Waals surface area contributed by atoms with Gasteiger partial charge in [0.05, 0.1) is 21.6 Å². The quantitative estimate of drug-likeness (QED) is 0.792. The minimum Gasteiger partial charge on any atom is -0.381 e. The molecular formula is C12H19IN2O. The second kappa shape index (κ2) is 5.49. The first-order valence-corrected chi connectivity index (χ1v) is 7.15. The van der Waals surface area contributed by atoms with E-state index in [1.807, 2.05) is 0 Å². The highest BCUT2D eigenvalue weighted by molar-refractivity contribution is 14.1. The second-order valence-corrected chi connectivity index (χ2v) is 5.40. The van der Waals surface area contributed by atoms with Crippen LogP contribution in [-0.4, -0.2) is 23.0 Å². The van der Waals surface area contributed by atoms with E-state index in [1.165, 1.54) is 21.4 Å². The molecule has 1 atom stereocenters. The number of hydrogen-bond acceptors (Lipinski definition) is 2. The molecule has 1 fully saturated rings. The Morgan fingerprint density at radius 1 is 1.44 bits per heavy atom. The van der Waals surface area contributed by atoms with E-state index >= 15 is 0 Å². The maximum Gasteiger partial charge on any atom is 0.0758 e. The molecule has 1 aromatic heterocycles. The standard InChI is InChI=1S/C12H19IN2O/c1-3-10-12(13)11(4-2)15(14-10)7-9-5-6-16-8-9/h9H,3-8H2,1-2H3. The van der Waals surface area contributed by atoms with Crippen LogP contribution in [0.2, 0.25) is 0 Å². The van der Waals surface area contributed by atoms with Crippen LogP contribution in [0.25, 0.3) is 0 Å².